The first-order chi connectivity index (χ1) is 7.69. The molecule has 0 fully saturated rings. The van der Waals surface area contributed by atoms with Crippen molar-refractivity contribution in [2.75, 3.05) is 18.0 Å². The van der Waals surface area contributed by atoms with Crippen LogP contribution in [0.5, 0.6) is 0 Å². The summed E-state index contributed by atoms with van der Waals surface area (Å²) in [6.07, 6.45) is 3.61. The lowest BCUT2D eigenvalue weighted by molar-refractivity contribution is 0.0697. The Balaban J connectivity index is 0.00000256. The summed E-state index contributed by atoms with van der Waals surface area (Å²) in [5.41, 5.74) is 0.294. The van der Waals surface area contributed by atoms with Crippen molar-refractivity contribution < 1.29 is 9.90 Å². The Labute approximate surface area is 108 Å². The van der Waals surface area contributed by atoms with Crippen molar-refractivity contribution in [3.05, 3.63) is 23.9 Å². The lowest BCUT2D eigenvalue weighted by atomic mass is 10.2. The standard InChI is InChI=1S/C12H18N2O2.ClH/c1-3-7-14(8-4-2)11-9-10(12(15)16)5-6-13-11;/h5-6,9H,3-4,7-8H2,1-2H3,(H,15,16);1H. The van der Waals surface area contributed by atoms with E-state index in [0.29, 0.717) is 5.56 Å². The van der Waals surface area contributed by atoms with Gasteiger partial charge < -0.3 is 10.0 Å². The molecule has 0 radical (unpaired) electrons. The predicted octanol–water partition coefficient (Wildman–Crippen LogP) is 2.83. The van der Waals surface area contributed by atoms with Gasteiger partial charge >= 0.3 is 5.97 Å². The van der Waals surface area contributed by atoms with Crippen LogP contribution in [-0.2, 0) is 0 Å². The molecule has 0 bridgehead atoms. The molecule has 0 saturated heterocycles. The summed E-state index contributed by atoms with van der Waals surface area (Å²) in [5.74, 6) is -0.153. The molecule has 0 spiro atoms. The van der Waals surface area contributed by atoms with Crippen molar-refractivity contribution in [2.45, 2.75) is 26.7 Å². The molecule has 4 nitrogen and oxygen atoms in total. The molecule has 1 aromatic heterocycles. The number of hydrogen-bond acceptors (Lipinski definition) is 3. The molecule has 0 aliphatic heterocycles. The molecule has 5 heteroatoms. The number of halogens is 1. The smallest absolute Gasteiger partial charge is 0.335 e. The Morgan fingerprint density at radius 1 is 1.35 bits per heavy atom. The Morgan fingerprint density at radius 3 is 2.41 bits per heavy atom. The molecule has 1 aromatic rings. The minimum absolute atomic E-state index is 0. The van der Waals surface area contributed by atoms with Crippen molar-refractivity contribution in [2.24, 2.45) is 0 Å². The molecule has 1 rings (SSSR count). The van der Waals surface area contributed by atoms with Crippen molar-refractivity contribution in [1.29, 1.82) is 0 Å². The molecule has 0 saturated carbocycles. The minimum Gasteiger partial charge on any atom is -0.478 e. The zero-order valence-electron chi connectivity index (χ0n) is 10.2. The molecule has 0 atom stereocenters. The number of carboxylic acids is 1. The highest BCUT2D eigenvalue weighted by Crippen LogP contribution is 2.13. The van der Waals surface area contributed by atoms with Crippen LogP contribution in [0.4, 0.5) is 5.82 Å². The van der Waals surface area contributed by atoms with Crippen LogP contribution < -0.4 is 4.90 Å². The lowest BCUT2D eigenvalue weighted by Gasteiger charge is -2.22. The number of pyridine rings is 1. The molecular weight excluding hydrogens is 240 g/mol. The summed E-state index contributed by atoms with van der Waals surface area (Å²) in [5, 5.41) is 8.90. The van der Waals surface area contributed by atoms with Crippen LogP contribution in [-0.4, -0.2) is 29.1 Å². The van der Waals surface area contributed by atoms with Gasteiger partial charge in [-0.3, -0.25) is 0 Å². The number of anilines is 1. The topological polar surface area (TPSA) is 53.4 Å². The highest BCUT2D eigenvalue weighted by molar-refractivity contribution is 5.88. The molecule has 96 valence electrons. The molecule has 1 heterocycles. The normalized spacial score (nSPS) is 9.53. The van der Waals surface area contributed by atoms with Crippen LogP contribution in [0.3, 0.4) is 0 Å². The summed E-state index contributed by atoms with van der Waals surface area (Å²) >= 11 is 0. The van der Waals surface area contributed by atoms with Gasteiger partial charge in [-0.2, -0.15) is 0 Å². The second kappa shape index (κ2) is 7.90. The molecule has 0 unspecified atom stereocenters. The van der Waals surface area contributed by atoms with Crippen LogP contribution in [0.2, 0.25) is 0 Å². The van der Waals surface area contributed by atoms with Gasteiger partial charge in [0.2, 0.25) is 0 Å². The number of carbonyl (C=O) groups is 1. The Morgan fingerprint density at radius 2 is 1.94 bits per heavy atom. The van der Waals surface area contributed by atoms with E-state index >= 15 is 0 Å². The maximum absolute atomic E-state index is 10.8. The van der Waals surface area contributed by atoms with Gasteiger partial charge in [-0.15, -0.1) is 12.4 Å². The lowest BCUT2D eigenvalue weighted by Crippen LogP contribution is -2.26. The van der Waals surface area contributed by atoms with Crippen molar-refractivity contribution >= 4 is 24.2 Å². The summed E-state index contributed by atoms with van der Waals surface area (Å²) in [6, 6.07) is 3.15. The zero-order chi connectivity index (χ0) is 12.0. The molecular formula is C12H19ClN2O2. The fourth-order valence-electron chi connectivity index (χ4n) is 1.61. The van der Waals surface area contributed by atoms with Gasteiger partial charge in [-0.05, 0) is 25.0 Å². The summed E-state index contributed by atoms with van der Waals surface area (Å²) in [7, 11) is 0. The minimum atomic E-state index is -0.906. The SMILES string of the molecule is CCCN(CCC)c1cc(C(=O)O)ccn1.Cl. The van der Waals surface area contributed by atoms with Crippen molar-refractivity contribution in [3.63, 3.8) is 0 Å². The van der Waals surface area contributed by atoms with Crippen LogP contribution >= 0.6 is 12.4 Å². The molecule has 17 heavy (non-hydrogen) atoms. The van der Waals surface area contributed by atoms with E-state index < -0.39 is 5.97 Å². The fraction of sp³-hybridized carbons (Fsp3) is 0.500. The second-order valence-corrected chi connectivity index (χ2v) is 3.69. The van der Waals surface area contributed by atoms with Gasteiger partial charge in [0.15, 0.2) is 0 Å². The average molecular weight is 259 g/mol. The molecule has 0 aromatic carbocycles. The van der Waals surface area contributed by atoms with Gasteiger partial charge in [0.1, 0.15) is 5.82 Å². The quantitative estimate of drug-likeness (QED) is 0.853. The van der Waals surface area contributed by atoms with Crippen molar-refractivity contribution in [1.82, 2.24) is 4.98 Å². The fourth-order valence-corrected chi connectivity index (χ4v) is 1.61. The summed E-state index contributed by atoms with van der Waals surface area (Å²) < 4.78 is 0. The van der Waals surface area contributed by atoms with Crippen LogP contribution in [0, 0.1) is 0 Å². The van der Waals surface area contributed by atoms with E-state index in [1.54, 1.807) is 12.3 Å². The first-order valence-corrected chi connectivity index (χ1v) is 5.63. The number of aromatic carboxylic acids is 1. The maximum atomic E-state index is 10.8. The predicted molar refractivity (Wildman–Crippen MR) is 71.2 cm³/mol. The Bertz CT molecular complexity index is 352. The van der Waals surface area contributed by atoms with Gasteiger partial charge in [-0.25, -0.2) is 9.78 Å². The number of rotatable bonds is 6. The van der Waals surface area contributed by atoms with E-state index in [-0.39, 0.29) is 12.4 Å². The van der Waals surface area contributed by atoms with E-state index in [1.165, 1.54) is 6.07 Å². The van der Waals surface area contributed by atoms with Gasteiger partial charge in [0.05, 0.1) is 5.56 Å². The Kier molecular flexibility index (Phi) is 7.30. The molecule has 0 aliphatic carbocycles. The van der Waals surface area contributed by atoms with Gasteiger partial charge in [0, 0.05) is 19.3 Å². The third-order valence-electron chi connectivity index (χ3n) is 2.30. The Hall–Kier alpha value is -1.29. The van der Waals surface area contributed by atoms with Crippen LogP contribution in [0.15, 0.2) is 18.3 Å². The van der Waals surface area contributed by atoms with Gasteiger partial charge in [-0.1, -0.05) is 13.8 Å². The first kappa shape index (κ1) is 15.7. The number of nitrogens with zero attached hydrogens (tertiary/aromatic N) is 2. The molecule has 0 amide bonds. The third kappa shape index (κ3) is 4.61. The van der Waals surface area contributed by atoms with E-state index in [4.69, 9.17) is 5.11 Å². The maximum Gasteiger partial charge on any atom is 0.335 e. The summed E-state index contributed by atoms with van der Waals surface area (Å²) in [4.78, 5) is 17.2. The largest absolute Gasteiger partial charge is 0.478 e. The van der Waals surface area contributed by atoms with Crippen LogP contribution in [0.25, 0.3) is 0 Å². The van der Waals surface area contributed by atoms with Gasteiger partial charge in [0.25, 0.3) is 0 Å². The highest BCUT2D eigenvalue weighted by atomic mass is 35.5. The van der Waals surface area contributed by atoms with E-state index in [9.17, 15) is 4.79 Å². The second-order valence-electron chi connectivity index (χ2n) is 3.69. The average Bonchev–Trinajstić information content (AvgIpc) is 2.29. The first-order valence-electron chi connectivity index (χ1n) is 5.63. The third-order valence-corrected chi connectivity index (χ3v) is 2.30. The summed E-state index contributed by atoms with van der Waals surface area (Å²) in [6.45, 7) is 6.02. The number of carboxylic acid groups (broad SMARTS) is 1. The zero-order valence-corrected chi connectivity index (χ0v) is 11.0. The van der Waals surface area contributed by atoms with E-state index in [0.717, 1.165) is 31.7 Å². The van der Waals surface area contributed by atoms with E-state index in [2.05, 4.69) is 23.7 Å². The molecule has 0 aliphatic rings. The highest BCUT2D eigenvalue weighted by Gasteiger charge is 2.09. The monoisotopic (exact) mass is 258 g/mol. The van der Waals surface area contributed by atoms with Crippen LogP contribution in [0.1, 0.15) is 37.0 Å². The van der Waals surface area contributed by atoms with Crippen molar-refractivity contribution in [3.8, 4) is 0 Å². The molecule has 1 N–H and O–H groups in total. The number of hydrogen-bond donors (Lipinski definition) is 1. The number of aromatic nitrogens is 1. The van der Waals surface area contributed by atoms with E-state index in [1.807, 2.05) is 0 Å².